The summed E-state index contributed by atoms with van der Waals surface area (Å²) in [5.74, 6) is -2.26. The van der Waals surface area contributed by atoms with Gasteiger partial charge in [0, 0.05) is 12.1 Å². The molecule has 4 nitrogen and oxygen atoms in total. The summed E-state index contributed by atoms with van der Waals surface area (Å²) in [4.78, 5) is 1.53. The summed E-state index contributed by atoms with van der Waals surface area (Å²) in [5, 5.41) is 0. The van der Waals surface area contributed by atoms with Crippen molar-refractivity contribution in [1.82, 2.24) is 9.62 Å². The van der Waals surface area contributed by atoms with Crippen molar-refractivity contribution in [1.29, 1.82) is 0 Å². The number of nitrogens with one attached hydrogen (secondary N) is 1. The largest absolute Gasteiger partial charge is 0.308 e. The molecule has 0 bridgehead atoms. The van der Waals surface area contributed by atoms with E-state index in [-0.39, 0.29) is 4.90 Å². The lowest BCUT2D eigenvalue weighted by Gasteiger charge is -2.29. The summed E-state index contributed by atoms with van der Waals surface area (Å²) < 4.78 is 52.5. The predicted octanol–water partition coefficient (Wildman–Crippen LogP) is 1.58. The molecule has 1 N–H and O–H groups in total. The van der Waals surface area contributed by atoms with Crippen LogP contribution >= 0.6 is 0 Å². The Hall–Kier alpha value is -1.05. The first-order chi connectivity index (χ1) is 8.53. The lowest BCUT2D eigenvalue weighted by Crippen LogP contribution is -2.49. The van der Waals surface area contributed by atoms with Crippen LogP contribution in [0.15, 0.2) is 23.1 Å². The van der Waals surface area contributed by atoms with E-state index in [9.17, 15) is 17.2 Å². The van der Waals surface area contributed by atoms with Gasteiger partial charge < -0.3 is 4.90 Å². The van der Waals surface area contributed by atoms with Crippen LogP contribution in [0.2, 0.25) is 0 Å². The molecule has 19 heavy (non-hydrogen) atoms. The second-order valence-corrected chi connectivity index (χ2v) is 6.99. The Morgan fingerprint density at radius 1 is 1.21 bits per heavy atom. The molecule has 0 radical (unpaired) electrons. The van der Waals surface area contributed by atoms with E-state index in [0.29, 0.717) is 12.6 Å². The number of halogens is 2. The fourth-order valence-electron chi connectivity index (χ4n) is 1.89. The van der Waals surface area contributed by atoms with Crippen LogP contribution < -0.4 is 4.72 Å². The van der Waals surface area contributed by atoms with Crippen LogP contribution in [-0.2, 0) is 10.0 Å². The van der Waals surface area contributed by atoms with Crippen LogP contribution in [-0.4, -0.2) is 39.5 Å². The van der Waals surface area contributed by atoms with E-state index < -0.39 is 27.2 Å². The highest BCUT2D eigenvalue weighted by atomic mass is 32.2. The quantitative estimate of drug-likeness (QED) is 0.896. The topological polar surface area (TPSA) is 49.4 Å². The average molecular weight is 292 g/mol. The van der Waals surface area contributed by atoms with Crippen molar-refractivity contribution in [3.63, 3.8) is 0 Å². The van der Waals surface area contributed by atoms with Crippen molar-refractivity contribution < 1.29 is 17.2 Å². The molecule has 0 unspecified atom stereocenters. The Morgan fingerprint density at radius 3 is 2.26 bits per heavy atom. The zero-order valence-electron chi connectivity index (χ0n) is 11.4. The summed E-state index contributed by atoms with van der Waals surface area (Å²) >= 11 is 0. The normalized spacial score (nSPS) is 13.0. The average Bonchev–Trinajstić information content (AvgIpc) is 2.17. The lowest BCUT2D eigenvalue weighted by atomic mass is 10.1. The van der Waals surface area contributed by atoms with Gasteiger partial charge in [0.1, 0.15) is 0 Å². The monoisotopic (exact) mass is 292 g/mol. The van der Waals surface area contributed by atoms with Gasteiger partial charge in [0.25, 0.3) is 0 Å². The zero-order chi connectivity index (χ0) is 14.8. The molecule has 0 saturated heterocycles. The van der Waals surface area contributed by atoms with Crippen molar-refractivity contribution in [3.05, 3.63) is 29.8 Å². The van der Waals surface area contributed by atoms with Gasteiger partial charge in [-0.15, -0.1) is 0 Å². The molecule has 0 amide bonds. The molecule has 0 aliphatic heterocycles. The van der Waals surface area contributed by atoms with Crippen molar-refractivity contribution in [2.75, 3.05) is 20.6 Å². The van der Waals surface area contributed by atoms with Crippen LogP contribution in [0.5, 0.6) is 0 Å². The third kappa shape index (κ3) is 4.52. The second-order valence-electron chi connectivity index (χ2n) is 5.30. The molecule has 0 aliphatic carbocycles. The number of nitrogens with zero attached hydrogens (tertiary/aromatic N) is 1. The van der Waals surface area contributed by atoms with Gasteiger partial charge >= 0.3 is 0 Å². The fraction of sp³-hybridized carbons (Fsp3) is 0.500. The van der Waals surface area contributed by atoms with Gasteiger partial charge in [-0.1, -0.05) is 0 Å². The van der Waals surface area contributed by atoms with Crippen molar-refractivity contribution >= 4 is 10.0 Å². The van der Waals surface area contributed by atoms with Crippen LogP contribution in [0.4, 0.5) is 8.78 Å². The molecule has 0 spiro atoms. The molecule has 7 heteroatoms. The van der Waals surface area contributed by atoms with Gasteiger partial charge in [0.2, 0.25) is 10.0 Å². The Balaban J connectivity index is 3.01. The molecule has 0 fully saturated rings. The Bertz CT molecular complexity index is 557. The highest BCUT2D eigenvalue weighted by molar-refractivity contribution is 7.89. The van der Waals surface area contributed by atoms with E-state index in [1.807, 2.05) is 19.0 Å². The minimum absolute atomic E-state index is 0.293. The smallest absolute Gasteiger partial charge is 0.241 e. The molecule has 1 aromatic rings. The van der Waals surface area contributed by atoms with Gasteiger partial charge in [-0.2, -0.15) is 0 Å². The first-order valence-corrected chi connectivity index (χ1v) is 7.15. The standard InChI is InChI=1S/C12H18F2N2O2S/c1-12(2,8-16(3)4)15-19(17,18)9-5-6-10(13)11(14)7-9/h5-7,15H,8H2,1-4H3. The minimum Gasteiger partial charge on any atom is -0.308 e. The molecule has 0 atom stereocenters. The molecule has 108 valence electrons. The Morgan fingerprint density at radius 2 is 1.79 bits per heavy atom. The second kappa shape index (κ2) is 5.52. The number of benzene rings is 1. The van der Waals surface area contributed by atoms with Gasteiger partial charge in [0.15, 0.2) is 11.6 Å². The summed E-state index contributed by atoms with van der Waals surface area (Å²) in [5.41, 5.74) is -0.729. The van der Waals surface area contributed by atoms with E-state index >= 15 is 0 Å². The minimum atomic E-state index is -3.89. The summed E-state index contributed by atoms with van der Waals surface area (Å²) in [6, 6.07) is 2.50. The fourth-order valence-corrected chi connectivity index (χ4v) is 3.31. The van der Waals surface area contributed by atoms with Gasteiger partial charge in [-0.25, -0.2) is 21.9 Å². The van der Waals surface area contributed by atoms with E-state index in [2.05, 4.69) is 4.72 Å². The van der Waals surface area contributed by atoms with Crippen molar-refractivity contribution in [2.45, 2.75) is 24.3 Å². The van der Waals surface area contributed by atoms with Crippen LogP contribution in [0, 0.1) is 11.6 Å². The SMILES string of the molecule is CN(C)CC(C)(C)NS(=O)(=O)c1ccc(F)c(F)c1. The van der Waals surface area contributed by atoms with Gasteiger partial charge in [0.05, 0.1) is 4.90 Å². The molecule has 0 saturated carbocycles. The van der Waals surface area contributed by atoms with Gasteiger partial charge in [-0.3, -0.25) is 0 Å². The molecule has 1 rings (SSSR count). The molecular formula is C12H18F2N2O2S. The summed E-state index contributed by atoms with van der Waals surface area (Å²) in [6.07, 6.45) is 0. The molecule has 1 aromatic carbocycles. The first-order valence-electron chi connectivity index (χ1n) is 5.67. The van der Waals surface area contributed by atoms with Crippen LogP contribution in [0.3, 0.4) is 0 Å². The third-order valence-electron chi connectivity index (χ3n) is 2.32. The highest BCUT2D eigenvalue weighted by Crippen LogP contribution is 2.16. The summed E-state index contributed by atoms with van der Waals surface area (Å²) in [6.45, 7) is 3.89. The van der Waals surface area contributed by atoms with E-state index in [1.165, 1.54) is 0 Å². The molecule has 0 aliphatic rings. The molecule has 0 aromatic heterocycles. The van der Waals surface area contributed by atoms with Crippen LogP contribution in [0.25, 0.3) is 0 Å². The van der Waals surface area contributed by atoms with E-state index in [1.54, 1.807) is 13.8 Å². The number of hydrogen-bond acceptors (Lipinski definition) is 3. The number of likely N-dealkylation sites (N-methyl/N-ethyl adjacent to an activating group) is 1. The maximum Gasteiger partial charge on any atom is 0.241 e. The number of hydrogen-bond donors (Lipinski definition) is 1. The van der Waals surface area contributed by atoms with Crippen molar-refractivity contribution in [2.24, 2.45) is 0 Å². The number of rotatable bonds is 5. The van der Waals surface area contributed by atoms with E-state index in [4.69, 9.17) is 0 Å². The van der Waals surface area contributed by atoms with E-state index in [0.717, 1.165) is 12.1 Å². The maximum atomic E-state index is 13.1. The third-order valence-corrected chi connectivity index (χ3v) is 4.02. The Labute approximate surface area is 112 Å². The summed E-state index contributed by atoms with van der Waals surface area (Å²) in [7, 11) is -0.260. The predicted molar refractivity (Wildman–Crippen MR) is 69.3 cm³/mol. The molecule has 0 heterocycles. The van der Waals surface area contributed by atoms with Crippen LogP contribution in [0.1, 0.15) is 13.8 Å². The maximum absolute atomic E-state index is 13.1. The highest BCUT2D eigenvalue weighted by Gasteiger charge is 2.27. The Kier molecular flexibility index (Phi) is 4.65. The molecular weight excluding hydrogens is 274 g/mol. The zero-order valence-corrected chi connectivity index (χ0v) is 12.2. The van der Waals surface area contributed by atoms with Crippen molar-refractivity contribution in [3.8, 4) is 0 Å². The van der Waals surface area contributed by atoms with Gasteiger partial charge in [-0.05, 0) is 46.1 Å². The number of sulfonamides is 1. The first kappa shape index (κ1) is 16.0. The lowest BCUT2D eigenvalue weighted by molar-refractivity contribution is 0.298.